The van der Waals surface area contributed by atoms with E-state index in [0.29, 0.717) is 12.1 Å². The number of carbonyl (C=O) groups is 2. The zero-order valence-corrected chi connectivity index (χ0v) is 27.7. The number of anilines is 1. The number of rotatable bonds is 12. The van der Waals surface area contributed by atoms with E-state index in [1.54, 1.807) is 29.0 Å². The second-order valence-corrected chi connectivity index (χ2v) is 12.6. The molecule has 6 rings (SSSR count). The number of benzene rings is 3. The van der Waals surface area contributed by atoms with Gasteiger partial charge >= 0.3 is 6.09 Å². The minimum atomic E-state index is -0.942. The standard InChI is InChI=1S/C36H39N7O4S/c1-43-33-29(21-40-43)35(39-23-38-33)48-22-28-20-37-19-27(47-28)18-17-24-11-9-10-16-30(24)41-34(44)32(42-36(45)46-2)31(25-12-5-3-6-13-25)26-14-7-4-8-15-26/h3-16,21,23,27-28,31-32,37H,17-20,22H2,1-2H3,(H,41,44)(H,42,45)/t27-,28+,32?/m1/s1. The number of hydrogen-bond acceptors (Lipinski definition) is 9. The summed E-state index contributed by atoms with van der Waals surface area (Å²) in [4.78, 5) is 35.5. The third-order valence-corrected chi connectivity index (χ3v) is 9.57. The maximum Gasteiger partial charge on any atom is 0.407 e. The summed E-state index contributed by atoms with van der Waals surface area (Å²) in [7, 11) is 3.16. The Morgan fingerprint density at radius 2 is 1.67 bits per heavy atom. The molecule has 3 heterocycles. The van der Waals surface area contributed by atoms with Gasteiger partial charge < -0.3 is 25.4 Å². The number of carbonyl (C=O) groups excluding carboxylic acids is 2. The Kier molecular flexibility index (Phi) is 11.0. The SMILES string of the molecule is COC(=O)NC(C(=O)Nc1ccccc1CC[C@@H]1CNC[C@@H](CSc2ncnc3c2cnn3C)O1)C(c1ccccc1)c1ccccc1. The summed E-state index contributed by atoms with van der Waals surface area (Å²) in [5.74, 6) is -0.0483. The number of hydrogen-bond donors (Lipinski definition) is 3. The molecule has 5 aromatic rings. The fourth-order valence-electron chi connectivity index (χ4n) is 6.04. The minimum Gasteiger partial charge on any atom is -0.453 e. The maximum atomic E-state index is 14.1. The molecule has 0 saturated carbocycles. The molecule has 3 N–H and O–H groups in total. The van der Waals surface area contributed by atoms with Crippen LogP contribution in [-0.2, 0) is 27.7 Å². The van der Waals surface area contributed by atoms with Crippen molar-refractivity contribution in [3.63, 3.8) is 0 Å². The van der Waals surface area contributed by atoms with Gasteiger partial charge in [-0.3, -0.25) is 9.48 Å². The fraction of sp³-hybridized carbons (Fsp3) is 0.306. The van der Waals surface area contributed by atoms with Crippen LogP contribution in [-0.4, -0.2) is 76.0 Å². The average molecular weight is 666 g/mol. The molecule has 0 radical (unpaired) electrons. The van der Waals surface area contributed by atoms with E-state index in [1.807, 2.05) is 92.0 Å². The van der Waals surface area contributed by atoms with Gasteiger partial charge in [-0.25, -0.2) is 14.8 Å². The van der Waals surface area contributed by atoms with Crippen molar-refractivity contribution in [2.24, 2.45) is 7.05 Å². The second kappa shape index (κ2) is 15.9. The number of aromatic nitrogens is 4. The predicted octanol–water partition coefficient (Wildman–Crippen LogP) is 4.94. The van der Waals surface area contributed by atoms with Crippen LogP contribution >= 0.6 is 11.8 Å². The maximum absolute atomic E-state index is 14.1. The van der Waals surface area contributed by atoms with Crippen molar-refractivity contribution >= 4 is 40.5 Å². The molecule has 3 atom stereocenters. The summed E-state index contributed by atoms with van der Waals surface area (Å²) >= 11 is 1.65. The van der Waals surface area contributed by atoms with Gasteiger partial charge in [-0.2, -0.15) is 5.10 Å². The smallest absolute Gasteiger partial charge is 0.407 e. The van der Waals surface area contributed by atoms with E-state index >= 15 is 0 Å². The van der Waals surface area contributed by atoms with Crippen molar-refractivity contribution in [1.82, 2.24) is 30.4 Å². The van der Waals surface area contributed by atoms with Gasteiger partial charge in [-0.1, -0.05) is 78.9 Å². The summed E-state index contributed by atoms with van der Waals surface area (Å²) in [6.07, 6.45) is 4.17. The Morgan fingerprint density at radius 1 is 0.979 bits per heavy atom. The normalized spacial score (nSPS) is 16.8. The number of fused-ring (bicyclic) bond motifs is 1. The lowest BCUT2D eigenvalue weighted by atomic mass is 9.84. The Labute approximate surface area is 283 Å². The number of alkyl carbamates (subject to hydrolysis) is 1. The molecule has 3 aromatic carbocycles. The van der Waals surface area contributed by atoms with E-state index in [4.69, 9.17) is 9.47 Å². The van der Waals surface area contributed by atoms with Crippen molar-refractivity contribution < 1.29 is 19.1 Å². The molecule has 1 aliphatic heterocycles. The van der Waals surface area contributed by atoms with Crippen LogP contribution in [0.2, 0.25) is 0 Å². The van der Waals surface area contributed by atoms with E-state index in [0.717, 1.165) is 58.0 Å². The third kappa shape index (κ3) is 8.01. The number of aryl methyl sites for hydroxylation is 2. The highest BCUT2D eigenvalue weighted by Gasteiger charge is 2.33. The van der Waals surface area contributed by atoms with Crippen molar-refractivity contribution in [1.29, 1.82) is 0 Å². The van der Waals surface area contributed by atoms with Crippen molar-refractivity contribution in [2.45, 2.75) is 42.0 Å². The monoisotopic (exact) mass is 665 g/mol. The van der Waals surface area contributed by atoms with E-state index in [1.165, 1.54) is 7.11 Å². The summed E-state index contributed by atoms with van der Waals surface area (Å²) in [5.41, 5.74) is 4.28. The lowest BCUT2D eigenvalue weighted by Crippen LogP contribution is -2.48. The number of nitrogens with one attached hydrogen (secondary N) is 3. The first-order chi connectivity index (χ1) is 23.5. The van der Waals surface area contributed by atoms with Crippen LogP contribution in [0.3, 0.4) is 0 Å². The molecule has 0 spiro atoms. The number of nitrogens with zero attached hydrogens (tertiary/aromatic N) is 4. The van der Waals surface area contributed by atoms with Gasteiger partial charge in [-0.05, 0) is 35.6 Å². The molecule has 248 valence electrons. The van der Waals surface area contributed by atoms with Crippen LogP contribution in [0.25, 0.3) is 11.0 Å². The fourth-order valence-corrected chi connectivity index (χ4v) is 7.00. The molecule has 48 heavy (non-hydrogen) atoms. The van der Waals surface area contributed by atoms with Gasteiger partial charge in [0.2, 0.25) is 5.91 Å². The van der Waals surface area contributed by atoms with Crippen LogP contribution in [0.5, 0.6) is 0 Å². The number of para-hydroxylation sites is 1. The Hall–Kier alpha value is -4.78. The summed E-state index contributed by atoms with van der Waals surface area (Å²) in [6, 6.07) is 26.2. The Morgan fingerprint density at radius 3 is 2.40 bits per heavy atom. The summed E-state index contributed by atoms with van der Waals surface area (Å²) < 4.78 is 13.2. The lowest BCUT2D eigenvalue weighted by molar-refractivity contribution is -0.118. The first-order valence-corrected chi connectivity index (χ1v) is 16.9. The van der Waals surface area contributed by atoms with E-state index in [2.05, 4.69) is 31.0 Å². The second-order valence-electron chi connectivity index (χ2n) is 11.6. The van der Waals surface area contributed by atoms with Crippen LogP contribution in [0.1, 0.15) is 29.0 Å². The van der Waals surface area contributed by atoms with E-state index in [9.17, 15) is 9.59 Å². The minimum absolute atomic E-state index is 0.00574. The van der Waals surface area contributed by atoms with Crippen LogP contribution in [0, 0.1) is 0 Å². The zero-order valence-electron chi connectivity index (χ0n) is 26.9. The molecule has 2 amide bonds. The van der Waals surface area contributed by atoms with E-state index < -0.39 is 18.1 Å². The van der Waals surface area contributed by atoms with Gasteiger partial charge in [-0.15, -0.1) is 11.8 Å². The highest BCUT2D eigenvalue weighted by molar-refractivity contribution is 7.99. The summed E-state index contributed by atoms with van der Waals surface area (Å²) in [6.45, 7) is 1.51. The first kappa shape index (κ1) is 33.1. The lowest BCUT2D eigenvalue weighted by Gasteiger charge is -2.31. The number of ether oxygens (including phenoxy) is 2. The van der Waals surface area contributed by atoms with Gasteiger partial charge in [0.15, 0.2) is 5.65 Å². The van der Waals surface area contributed by atoms with E-state index in [-0.39, 0.29) is 18.1 Å². The van der Waals surface area contributed by atoms with Crippen molar-refractivity contribution in [3.8, 4) is 0 Å². The molecule has 1 saturated heterocycles. The number of amides is 2. The molecule has 1 fully saturated rings. The highest BCUT2D eigenvalue weighted by atomic mass is 32.2. The molecule has 12 heteroatoms. The van der Waals surface area contributed by atoms with Crippen molar-refractivity contribution in [3.05, 3.63) is 114 Å². The van der Waals surface area contributed by atoms with Crippen LogP contribution in [0.15, 0.2) is 102 Å². The zero-order chi connectivity index (χ0) is 33.3. The van der Waals surface area contributed by atoms with Gasteiger partial charge in [0.1, 0.15) is 17.4 Å². The van der Waals surface area contributed by atoms with Gasteiger partial charge in [0.25, 0.3) is 0 Å². The average Bonchev–Trinajstić information content (AvgIpc) is 3.52. The van der Waals surface area contributed by atoms with Crippen LogP contribution < -0.4 is 16.0 Å². The van der Waals surface area contributed by atoms with Crippen molar-refractivity contribution in [2.75, 3.05) is 31.3 Å². The highest BCUT2D eigenvalue weighted by Crippen LogP contribution is 2.30. The van der Waals surface area contributed by atoms with Crippen LogP contribution in [0.4, 0.5) is 10.5 Å². The topological polar surface area (TPSA) is 132 Å². The first-order valence-electron chi connectivity index (χ1n) is 15.9. The molecule has 2 aromatic heterocycles. The molecular formula is C36H39N7O4S. The summed E-state index contributed by atoms with van der Waals surface area (Å²) in [5, 5.41) is 15.6. The number of thioether (sulfide) groups is 1. The van der Waals surface area contributed by atoms with Gasteiger partial charge in [0, 0.05) is 37.5 Å². The molecule has 11 nitrogen and oxygen atoms in total. The number of morpholine rings is 1. The third-order valence-electron chi connectivity index (χ3n) is 8.43. The van der Waals surface area contributed by atoms with Gasteiger partial charge in [0.05, 0.1) is 30.9 Å². The Bertz CT molecular complexity index is 1780. The molecule has 0 bridgehead atoms. The Balaban J connectivity index is 1.13. The largest absolute Gasteiger partial charge is 0.453 e. The number of methoxy groups -OCH3 is 1. The molecule has 1 unspecified atom stereocenters. The molecule has 0 aliphatic carbocycles. The molecular weight excluding hydrogens is 627 g/mol. The predicted molar refractivity (Wildman–Crippen MR) is 186 cm³/mol. The quantitative estimate of drug-likeness (QED) is 0.125. The molecule has 1 aliphatic rings.